The summed E-state index contributed by atoms with van der Waals surface area (Å²) in [6.45, 7) is 1.97. The summed E-state index contributed by atoms with van der Waals surface area (Å²) in [5, 5.41) is 9.59. The van der Waals surface area contributed by atoms with Crippen LogP contribution in [-0.2, 0) is 0 Å². The molecule has 2 aromatic carbocycles. The van der Waals surface area contributed by atoms with Gasteiger partial charge in [-0.25, -0.2) is 4.79 Å². The molecule has 0 aliphatic rings. The highest BCUT2D eigenvalue weighted by atomic mass is 35.5. The van der Waals surface area contributed by atoms with Crippen molar-refractivity contribution in [3.63, 3.8) is 0 Å². The van der Waals surface area contributed by atoms with Gasteiger partial charge in [0, 0.05) is 5.02 Å². The molecular weight excluding hydrogens is 236 g/mol. The molecule has 0 amide bonds. The molecule has 0 fully saturated rings. The highest BCUT2D eigenvalue weighted by Crippen LogP contribution is 2.27. The average molecular weight is 247 g/mol. The molecule has 0 saturated carbocycles. The van der Waals surface area contributed by atoms with E-state index in [9.17, 15) is 4.79 Å². The van der Waals surface area contributed by atoms with Crippen LogP contribution < -0.4 is 0 Å². The minimum absolute atomic E-state index is 0.225. The number of aromatic carboxylic acids is 1. The van der Waals surface area contributed by atoms with Crippen LogP contribution in [0.15, 0.2) is 42.5 Å². The first kappa shape index (κ1) is 11.7. The van der Waals surface area contributed by atoms with Crippen molar-refractivity contribution >= 4 is 17.6 Å². The lowest BCUT2D eigenvalue weighted by Gasteiger charge is -2.07. The second-order valence-electron chi connectivity index (χ2n) is 3.86. The Morgan fingerprint density at radius 3 is 2.59 bits per heavy atom. The predicted octanol–water partition coefficient (Wildman–Crippen LogP) is 4.01. The molecule has 17 heavy (non-hydrogen) atoms. The van der Waals surface area contributed by atoms with Crippen LogP contribution in [0.2, 0.25) is 5.02 Å². The van der Waals surface area contributed by atoms with Crippen molar-refractivity contribution in [2.24, 2.45) is 0 Å². The highest BCUT2D eigenvalue weighted by Gasteiger charge is 2.12. The van der Waals surface area contributed by atoms with Gasteiger partial charge in [0.15, 0.2) is 0 Å². The van der Waals surface area contributed by atoms with Gasteiger partial charge in [0.05, 0.1) is 5.56 Å². The molecule has 2 nitrogen and oxygen atoms in total. The number of rotatable bonds is 2. The van der Waals surface area contributed by atoms with Gasteiger partial charge in [-0.1, -0.05) is 47.5 Å². The molecule has 0 aromatic heterocycles. The van der Waals surface area contributed by atoms with Gasteiger partial charge >= 0.3 is 5.97 Å². The van der Waals surface area contributed by atoms with Gasteiger partial charge in [0.25, 0.3) is 0 Å². The fourth-order valence-electron chi connectivity index (χ4n) is 1.76. The second-order valence-corrected chi connectivity index (χ2v) is 4.30. The summed E-state index contributed by atoms with van der Waals surface area (Å²) in [6, 6.07) is 12.6. The van der Waals surface area contributed by atoms with Crippen LogP contribution in [0, 0.1) is 6.92 Å². The summed E-state index contributed by atoms with van der Waals surface area (Å²) < 4.78 is 0. The van der Waals surface area contributed by atoms with Gasteiger partial charge in [-0.15, -0.1) is 0 Å². The van der Waals surface area contributed by atoms with Crippen molar-refractivity contribution in [2.75, 3.05) is 0 Å². The third kappa shape index (κ3) is 2.48. The monoisotopic (exact) mass is 246 g/mol. The summed E-state index contributed by atoms with van der Waals surface area (Å²) in [5.41, 5.74) is 2.89. The van der Waals surface area contributed by atoms with E-state index < -0.39 is 5.97 Å². The first-order valence-corrected chi connectivity index (χ1v) is 5.55. The topological polar surface area (TPSA) is 37.3 Å². The Labute approximate surface area is 104 Å². The van der Waals surface area contributed by atoms with Crippen molar-refractivity contribution in [1.29, 1.82) is 0 Å². The van der Waals surface area contributed by atoms with Crippen LogP contribution in [0.25, 0.3) is 11.1 Å². The van der Waals surface area contributed by atoms with Crippen LogP contribution >= 0.6 is 11.6 Å². The smallest absolute Gasteiger partial charge is 0.336 e. The van der Waals surface area contributed by atoms with Gasteiger partial charge < -0.3 is 5.11 Å². The Balaban J connectivity index is 2.63. The van der Waals surface area contributed by atoms with E-state index in [1.165, 1.54) is 6.07 Å². The number of benzene rings is 2. The van der Waals surface area contributed by atoms with Gasteiger partial charge in [0.2, 0.25) is 0 Å². The van der Waals surface area contributed by atoms with Crippen molar-refractivity contribution in [1.82, 2.24) is 0 Å². The number of halogens is 1. The van der Waals surface area contributed by atoms with E-state index in [2.05, 4.69) is 0 Å². The van der Waals surface area contributed by atoms with Gasteiger partial charge in [-0.3, -0.25) is 0 Å². The lowest BCUT2D eigenvalue weighted by atomic mass is 9.98. The number of carboxylic acid groups (broad SMARTS) is 1. The third-order valence-electron chi connectivity index (χ3n) is 2.54. The zero-order valence-electron chi connectivity index (χ0n) is 9.27. The Hall–Kier alpha value is -1.80. The predicted molar refractivity (Wildman–Crippen MR) is 68.6 cm³/mol. The maximum absolute atomic E-state index is 11.2. The number of hydrogen-bond donors (Lipinski definition) is 1. The third-order valence-corrected chi connectivity index (χ3v) is 2.78. The summed E-state index contributed by atoms with van der Waals surface area (Å²) in [5.74, 6) is -0.969. The molecule has 2 aromatic rings. The molecule has 0 unspecified atom stereocenters. The van der Waals surface area contributed by atoms with E-state index in [1.54, 1.807) is 12.1 Å². The fraction of sp³-hybridized carbons (Fsp3) is 0.0714. The molecule has 0 aliphatic heterocycles. The van der Waals surface area contributed by atoms with Gasteiger partial charge in [-0.2, -0.15) is 0 Å². The molecule has 2 rings (SSSR count). The number of hydrogen-bond acceptors (Lipinski definition) is 1. The molecule has 0 atom stereocenters. The first-order valence-electron chi connectivity index (χ1n) is 5.18. The van der Waals surface area contributed by atoms with Crippen molar-refractivity contribution in [2.45, 2.75) is 6.92 Å². The Bertz CT molecular complexity index is 576. The molecule has 3 heteroatoms. The number of carbonyl (C=O) groups is 1. The van der Waals surface area contributed by atoms with Crippen molar-refractivity contribution in [3.8, 4) is 11.1 Å². The van der Waals surface area contributed by atoms with Crippen LogP contribution in [0.5, 0.6) is 0 Å². The van der Waals surface area contributed by atoms with E-state index in [0.717, 1.165) is 11.1 Å². The van der Waals surface area contributed by atoms with Crippen molar-refractivity contribution < 1.29 is 9.90 Å². The van der Waals surface area contributed by atoms with E-state index in [4.69, 9.17) is 16.7 Å². The normalized spacial score (nSPS) is 10.2. The van der Waals surface area contributed by atoms with E-state index >= 15 is 0 Å². The molecule has 86 valence electrons. The number of aryl methyl sites for hydroxylation is 1. The molecular formula is C14H11ClO2. The average Bonchev–Trinajstić information content (AvgIpc) is 2.28. The van der Waals surface area contributed by atoms with Crippen LogP contribution in [0.1, 0.15) is 15.9 Å². The maximum atomic E-state index is 11.2. The van der Waals surface area contributed by atoms with E-state index in [0.29, 0.717) is 10.6 Å². The Kier molecular flexibility index (Phi) is 3.16. The zero-order valence-corrected chi connectivity index (χ0v) is 10.0. The molecule has 0 radical (unpaired) electrons. The molecule has 0 heterocycles. The standard InChI is InChI=1S/C14H11ClO2/c1-9-3-2-4-10(7-9)12-6-5-11(15)8-13(12)14(16)17/h2-8H,1H3,(H,16,17). The van der Waals surface area contributed by atoms with E-state index in [-0.39, 0.29) is 5.56 Å². The summed E-state index contributed by atoms with van der Waals surface area (Å²) in [4.78, 5) is 11.2. The molecule has 0 saturated heterocycles. The van der Waals surface area contributed by atoms with Crippen molar-refractivity contribution in [3.05, 3.63) is 58.6 Å². The minimum atomic E-state index is -0.969. The first-order chi connectivity index (χ1) is 8.08. The van der Waals surface area contributed by atoms with Gasteiger partial charge in [-0.05, 0) is 30.2 Å². The SMILES string of the molecule is Cc1cccc(-c2ccc(Cl)cc2C(=O)O)c1. The molecule has 0 spiro atoms. The van der Waals surface area contributed by atoms with Crippen LogP contribution in [0.4, 0.5) is 0 Å². The van der Waals surface area contributed by atoms with Gasteiger partial charge in [0.1, 0.15) is 0 Å². The molecule has 0 aliphatic carbocycles. The quantitative estimate of drug-likeness (QED) is 0.869. The lowest BCUT2D eigenvalue weighted by molar-refractivity contribution is 0.0697. The highest BCUT2D eigenvalue weighted by molar-refractivity contribution is 6.31. The maximum Gasteiger partial charge on any atom is 0.336 e. The lowest BCUT2D eigenvalue weighted by Crippen LogP contribution is -1.99. The molecule has 1 N–H and O–H groups in total. The Morgan fingerprint density at radius 2 is 1.94 bits per heavy atom. The summed E-state index contributed by atoms with van der Waals surface area (Å²) >= 11 is 5.82. The minimum Gasteiger partial charge on any atom is -0.478 e. The summed E-state index contributed by atoms with van der Waals surface area (Å²) in [7, 11) is 0. The fourth-order valence-corrected chi connectivity index (χ4v) is 1.93. The number of carboxylic acids is 1. The van der Waals surface area contributed by atoms with Crippen LogP contribution in [-0.4, -0.2) is 11.1 Å². The summed E-state index contributed by atoms with van der Waals surface area (Å²) in [6.07, 6.45) is 0. The van der Waals surface area contributed by atoms with Crippen LogP contribution in [0.3, 0.4) is 0 Å². The Morgan fingerprint density at radius 1 is 1.18 bits per heavy atom. The zero-order chi connectivity index (χ0) is 12.4. The largest absolute Gasteiger partial charge is 0.478 e. The van der Waals surface area contributed by atoms with E-state index in [1.807, 2.05) is 31.2 Å². The second kappa shape index (κ2) is 4.60. The molecule has 0 bridgehead atoms.